The Kier molecular flexibility index (Phi) is 5.04. The topological polar surface area (TPSA) is 86.0 Å². The number of nitrogens with zero attached hydrogens (tertiary/aromatic N) is 6. The molecule has 1 aromatic carbocycles. The monoisotopic (exact) mass is 364 g/mol. The number of hydrogen-bond donors (Lipinski definition) is 0. The number of ether oxygens (including phenoxy) is 1. The molecule has 2 aromatic heterocycles. The van der Waals surface area contributed by atoms with Crippen LogP contribution >= 0.6 is 0 Å². The van der Waals surface area contributed by atoms with Crippen LogP contribution in [0.25, 0.3) is 11.4 Å². The summed E-state index contributed by atoms with van der Waals surface area (Å²) < 4.78 is 5.59. The fraction of sp³-hybridized carbons (Fsp3) is 0.316. The average molecular weight is 364 g/mol. The van der Waals surface area contributed by atoms with Gasteiger partial charge in [-0.05, 0) is 42.3 Å². The number of para-hydroxylation sites is 1. The first kappa shape index (κ1) is 17.1. The molecule has 0 radical (unpaired) electrons. The number of carbonyl (C=O) groups is 1. The van der Waals surface area contributed by atoms with Gasteiger partial charge in [-0.25, -0.2) is 0 Å². The SMILES string of the molecule is O=C(COc1ccccc1)N1CCC[C@H]1Cn1nnc(-c2cccnc2)n1. The maximum Gasteiger partial charge on any atom is 0.260 e. The molecule has 8 nitrogen and oxygen atoms in total. The smallest absolute Gasteiger partial charge is 0.260 e. The molecule has 3 aromatic rings. The summed E-state index contributed by atoms with van der Waals surface area (Å²) in [5.74, 6) is 1.21. The van der Waals surface area contributed by atoms with Gasteiger partial charge in [0.05, 0.1) is 12.6 Å². The molecule has 1 amide bonds. The quantitative estimate of drug-likeness (QED) is 0.663. The van der Waals surface area contributed by atoms with Crippen LogP contribution in [0, 0.1) is 0 Å². The van der Waals surface area contributed by atoms with E-state index in [4.69, 9.17) is 4.74 Å². The molecule has 1 saturated heterocycles. The van der Waals surface area contributed by atoms with Gasteiger partial charge in [0, 0.05) is 24.5 Å². The van der Waals surface area contributed by atoms with Crippen molar-refractivity contribution in [3.8, 4) is 17.1 Å². The highest BCUT2D eigenvalue weighted by Crippen LogP contribution is 2.20. The Morgan fingerprint density at radius 1 is 1.19 bits per heavy atom. The fourth-order valence-electron chi connectivity index (χ4n) is 3.22. The molecule has 138 valence electrons. The summed E-state index contributed by atoms with van der Waals surface area (Å²) in [6.45, 7) is 1.28. The van der Waals surface area contributed by atoms with Crippen molar-refractivity contribution in [2.75, 3.05) is 13.2 Å². The summed E-state index contributed by atoms with van der Waals surface area (Å²) in [6.07, 6.45) is 5.29. The van der Waals surface area contributed by atoms with Crippen LogP contribution in [0.2, 0.25) is 0 Å². The third kappa shape index (κ3) is 4.11. The van der Waals surface area contributed by atoms with Crippen molar-refractivity contribution in [1.82, 2.24) is 30.1 Å². The van der Waals surface area contributed by atoms with E-state index in [2.05, 4.69) is 20.4 Å². The number of benzene rings is 1. The fourth-order valence-corrected chi connectivity index (χ4v) is 3.22. The van der Waals surface area contributed by atoms with Crippen LogP contribution in [0.4, 0.5) is 0 Å². The van der Waals surface area contributed by atoms with E-state index in [1.165, 1.54) is 0 Å². The van der Waals surface area contributed by atoms with Crippen molar-refractivity contribution < 1.29 is 9.53 Å². The van der Waals surface area contributed by atoms with Crippen LogP contribution in [0.1, 0.15) is 12.8 Å². The average Bonchev–Trinajstić information content (AvgIpc) is 3.38. The first-order valence-electron chi connectivity index (χ1n) is 8.95. The second kappa shape index (κ2) is 7.94. The third-order valence-corrected chi connectivity index (χ3v) is 4.55. The van der Waals surface area contributed by atoms with E-state index in [0.717, 1.165) is 24.9 Å². The van der Waals surface area contributed by atoms with Crippen LogP contribution in [-0.4, -0.2) is 55.2 Å². The van der Waals surface area contributed by atoms with Crippen LogP contribution in [-0.2, 0) is 11.3 Å². The molecule has 0 saturated carbocycles. The lowest BCUT2D eigenvalue weighted by atomic mass is 10.2. The van der Waals surface area contributed by atoms with Gasteiger partial charge in [-0.15, -0.1) is 10.2 Å². The van der Waals surface area contributed by atoms with E-state index in [0.29, 0.717) is 18.1 Å². The zero-order valence-corrected chi connectivity index (χ0v) is 14.8. The predicted octanol–water partition coefficient (Wildman–Crippen LogP) is 1.81. The number of likely N-dealkylation sites (tertiary alicyclic amines) is 1. The molecule has 8 heteroatoms. The minimum Gasteiger partial charge on any atom is -0.484 e. The predicted molar refractivity (Wildman–Crippen MR) is 97.7 cm³/mol. The third-order valence-electron chi connectivity index (χ3n) is 4.55. The molecule has 0 spiro atoms. The molecule has 3 heterocycles. The second-order valence-corrected chi connectivity index (χ2v) is 6.39. The van der Waals surface area contributed by atoms with Gasteiger partial charge < -0.3 is 9.64 Å². The molecule has 27 heavy (non-hydrogen) atoms. The molecule has 1 aliphatic heterocycles. The largest absolute Gasteiger partial charge is 0.484 e. The summed E-state index contributed by atoms with van der Waals surface area (Å²) in [4.78, 5) is 20.1. The summed E-state index contributed by atoms with van der Waals surface area (Å²) in [7, 11) is 0. The van der Waals surface area contributed by atoms with Crippen LogP contribution in [0.3, 0.4) is 0 Å². The zero-order valence-electron chi connectivity index (χ0n) is 14.8. The van der Waals surface area contributed by atoms with Gasteiger partial charge in [-0.1, -0.05) is 18.2 Å². The summed E-state index contributed by atoms with van der Waals surface area (Å²) in [5.41, 5.74) is 0.819. The van der Waals surface area contributed by atoms with Crippen molar-refractivity contribution in [3.63, 3.8) is 0 Å². The van der Waals surface area contributed by atoms with Gasteiger partial charge in [0.25, 0.3) is 5.91 Å². The van der Waals surface area contributed by atoms with Gasteiger partial charge in [-0.3, -0.25) is 9.78 Å². The highest BCUT2D eigenvalue weighted by atomic mass is 16.5. The highest BCUT2D eigenvalue weighted by Gasteiger charge is 2.30. The summed E-state index contributed by atoms with van der Waals surface area (Å²) >= 11 is 0. The number of rotatable bonds is 6. The van der Waals surface area contributed by atoms with Crippen LogP contribution in [0.5, 0.6) is 5.75 Å². The van der Waals surface area contributed by atoms with Crippen molar-refractivity contribution >= 4 is 5.91 Å². The van der Waals surface area contributed by atoms with Crippen LogP contribution < -0.4 is 4.74 Å². The maximum atomic E-state index is 12.6. The number of aromatic nitrogens is 5. The molecular formula is C19H20N6O2. The highest BCUT2D eigenvalue weighted by molar-refractivity contribution is 5.78. The van der Waals surface area contributed by atoms with Gasteiger partial charge in [0.1, 0.15) is 5.75 Å². The molecule has 0 bridgehead atoms. The Labute approximate surface area is 156 Å². The Morgan fingerprint density at radius 3 is 2.89 bits per heavy atom. The number of amides is 1. The minimum atomic E-state index is -0.0195. The standard InChI is InChI=1S/C19H20N6O2/c26-18(14-27-17-8-2-1-3-9-17)24-11-5-7-16(24)13-25-22-19(21-23-25)15-6-4-10-20-12-15/h1-4,6,8-10,12,16H,5,7,11,13-14H2/t16-/m0/s1. The Morgan fingerprint density at radius 2 is 2.07 bits per heavy atom. The summed E-state index contributed by atoms with van der Waals surface area (Å²) in [6, 6.07) is 13.1. The van der Waals surface area contributed by atoms with E-state index in [1.807, 2.05) is 47.4 Å². The number of hydrogen-bond acceptors (Lipinski definition) is 6. The lowest BCUT2D eigenvalue weighted by Gasteiger charge is -2.24. The Hall–Kier alpha value is -3.29. The number of tetrazole rings is 1. The minimum absolute atomic E-state index is 0.0195. The first-order valence-corrected chi connectivity index (χ1v) is 8.95. The molecular weight excluding hydrogens is 344 g/mol. The van der Waals surface area contributed by atoms with Crippen molar-refractivity contribution in [3.05, 3.63) is 54.9 Å². The number of carbonyl (C=O) groups excluding carboxylic acids is 1. The lowest BCUT2D eigenvalue weighted by molar-refractivity contribution is -0.134. The summed E-state index contributed by atoms with van der Waals surface area (Å²) in [5, 5.41) is 12.6. The van der Waals surface area contributed by atoms with E-state index in [9.17, 15) is 4.79 Å². The molecule has 0 aliphatic carbocycles. The number of pyridine rings is 1. The van der Waals surface area contributed by atoms with Crippen molar-refractivity contribution in [1.29, 1.82) is 0 Å². The van der Waals surface area contributed by atoms with Crippen LogP contribution in [0.15, 0.2) is 54.9 Å². The van der Waals surface area contributed by atoms with Crippen molar-refractivity contribution in [2.24, 2.45) is 0 Å². The van der Waals surface area contributed by atoms with Gasteiger partial charge in [-0.2, -0.15) is 4.80 Å². The molecule has 0 N–H and O–H groups in total. The van der Waals surface area contributed by atoms with Gasteiger partial charge >= 0.3 is 0 Å². The molecule has 4 rings (SSSR count). The molecule has 1 atom stereocenters. The molecule has 0 unspecified atom stereocenters. The van der Waals surface area contributed by atoms with E-state index < -0.39 is 0 Å². The normalized spacial score (nSPS) is 16.4. The Balaban J connectivity index is 1.37. The molecule has 1 fully saturated rings. The van der Waals surface area contributed by atoms with E-state index in [-0.39, 0.29) is 18.6 Å². The lowest BCUT2D eigenvalue weighted by Crippen LogP contribution is -2.41. The molecule has 1 aliphatic rings. The van der Waals surface area contributed by atoms with E-state index >= 15 is 0 Å². The Bertz CT molecular complexity index is 883. The first-order chi connectivity index (χ1) is 13.3. The maximum absolute atomic E-state index is 12.6. The second-order valence-electron chi connectivity index (χ2n) is 6.39. The van der Waals surface area contributed by atoms with Gasteiger partial charge in [0.2, 0.25) is 5.82 Å². The van der Waals surface area contributed by atoms with Gasteiger partial charge in [0.15, 0.2) is 6.61 Å². The zero-order chi connectivity index (χ0) is 18.5. The van der Waals surface area contributed by atoms with E-state index in [1.54, 1.807) is 17.2 Å². The van der Waals surface area contributed by atoms with Crippen molar-refractivity contribution in [2.45, 2.75) is 25.4 Å².